The molecule has 1 saturated heterocycles. The van der Waals surface area contributed by atoms with E-state index in [9.17, 15) is 5.11 Å². The predicted octanol–water partition coefficient (Wildman–Crippen LogP) is 4.78. The van der Waals surface area contributed by atoms with E-state index in [-0.39, 0.29) is 12.2 Å². The number of unbranched alkanes of at least 4 members (excludes halogenated alkanes) is 9. The molecule has 4 heteroatoms. The molecule has 23 heavy (non-hydrogen) atoms. The molecule has 0 saturated carbocycles. The lowest BCUT2D eigenvalue weighted by molar-refractivity contribution is -0.159. The van der Waals surface area contributed by atoms with Crippen LogP contribution < -0.4 is 0 Å². The van der Waals surface area contributed by atoms with Gasteiger partial charge in [0.15, 0.2) is 6.29 Å². The number of rotatable bonds is 15. The molecule has 3 atom stereocenters. The predicted molar refractivity (Wildman–Crippen MR) is 93.3 cm³/mol. The summed E-state index contributed by atoms with van der Waals surface area (Å²) in [4.78, 5) is 0. The van der Waals surface area contributed by atoms with Gasteiger partial charge in [0.25, 0.3) is 0 Å². The van der Waals surface area contributed by atoms with E-state index in [2.05, 4.69) is 6.92 Å². The Hall–Kier alpha value is -0.160. The first-order valence-electron chi connectivity index (χ1n) is 9.72. The van der Waals surface area contributed by atoms with Crippen LogP contribution in [0.5, 0.6) is 0 Å². The molecule has 1 unspecified atom stereocenters. The molecular formula is C19H38O4. The highest BCUT2D eigenvalue weighted by atomic mass is 16.7. The Bertz CT molecular complexity index is 260. The number of aliphatic hydroxyl groups excluding tert-OH is 1. The summed E-state index contributed by atoms with van der Waals surface area (Å²) in [7, 11) is 1.64. The van der Waals surface area contributed by atoms with Crippen molar-refractivity contribution in [1.29, 1.82) is 0 Å². The van der Waals surface area contributed by atoms with Crippen molar-refractivity contribution in [2.45, 2.75) is 109 Å². The van der Waals surface area contributed by atoms with Crippen LogP contribution in [0.15, 0.2) is 0 Å². The smallest absolute Gasteiger partial charge is 0.155 e. The van der Waals surface area contributed by atoms with Crippen LogP contribution >= 0.6 is 0 Å². The Balaban J connectivity index is 2.01. The van der Waals surface area contributed by atoms with E-state index >= 15 is 0 Å². The van der Waals surface area contributed by atoms with Crippen molar-refractivity contribution in [3.63, 3.8) is 0 Å². The van der Waals surface area contributed by atoms with Crippen molar-refractivity contribution >= 4 is 0 Å². The molecule has 1 heterocycles. The molecule has 0 radical (unpaired) electrons. The molecule has 4 nitrogen and oxygen atoms in total. The zero-order valence-electron chi connectivity index (χ0n) is 15.3. The van der Waals surface area contributed by atoms with Crippen LogP contribution in [-0.4, -0.2) is 37.5 Å². The van der Waals surface area contributed by atoms with Gasteiger partial charge in [-0.05, 0) is 12.8 Å². The van der Waals surface area contributed by atoms with Crippen molar-refractivity contribution < 1.29 is 19.3 Å². The number of aliphatic hydroxyl groups is 1. The summed E-state index contributed by atoms with van der Waals surface area (Å²) in [6.07, 6.45) is 15.5. The van der Waals surface area contributed by atoms with E-state index in [4.69, 9.17) is 14.2 Å². The van der Waals surface area contributed by atoms with Gasteiger partial charge in [0.2, 0.25) is 0 Å². The van der Waals surface area contributed by atoms with E-state index < -0.39 is 6.29 Å². The van der Waals surface area contributed by atoms with E-state index in [0.717, 1.165) is 19.3 Å². The third-order valence-corrected chi connectivity index (χ3v) is 4.69. The first-order valence-corrected chi connectivity index (χ1v) is 9.72. The summed E-state index contributed by atoms with van der Waals surface area (Å²) in [5.41, 5.74) is 0. The lowest BCUT2D eigenvalue weighted by atomic mass is 10.0. The number of ether oxygens (including phenoxy) is 3. The normalized spacial score (nSPS) is 22.6. The van der Waals surface area contributed by atoms with Gasteiger partial charge in [-0.25, -0.2) is 0 Å². The molecule has 138 valence electrons. The van der Waals surface area contributed by atoms with Crippen LogP contribution in [0.3, 0.4) is 0 Å². The van der Waals surface area contributed by atoms with Gasteiger partial charge in [-0.2, -0.15) is 0 Å². The van der Waals surface area contributed by atoms with Crippen molar-refractivity contribution in [1.82, 2.24) is 0 Å². The molecule has 1 aliphatic heterocycles. The number of hydrogen-bond donors (Lipinski definition) is 1. The van der Waals surface area contributed by atoms with Crippen LogP contribution in [0.25, 0.3) is 0 Å². The molecule has 1 N–H and O–H groups in total. The maximum Gasteiger partial charge on any atom is 0.155 e. The van der Waals surface area contributed by atoms with E-state index in [1.54, 1.807) is 7.11 Å². The fraction of sp³-hybridized carbons (Fsp3) is 1.00. The minimum Gasteiger partial charge on any atom is -0.368 e. The quantitative estimate of drug-likeness (QED) is 0.347. The minimum atomic E-state index is -0.610. The van der Waals surface area contributed by atoms with Crippen molar-refractivity contribution in [3.8, 4) is 0 Å². The number of methoxy groups -OCH3 is 1. The van der Waals surface area contributed by atoms with E-state index in [1.807, 2.05) is 0 Å². The lowest BCUT2D eigenvalue weighted by Gasteiger charge is -2.23. The molecule has 0 aromatic heterocycles. The van der Waals surface area contributed by atoms with Crippen LogP contribution in [0.4, 0.5) is 0 Å². The third-order valence-electron chi connectivity index (χ3n) is 4.69. The summed E-state index contributed by atoms with van der Waals surface area (Å²) in [5.74, 6) is 0. The van der Waals surface area contributed by atoms with Crippen LogP contribution in [0.2, 0.25) is 0 Å². The van der Waals surface area contributed by atoms with Crippen molar-refractivity contribution in [2.24, 2.45) is 0 Å². The molecule has 0 aliphatic carbocycles. The summed E-state index contributed by atoms with van der Waals surface area (Å²) in [5, 5.41) is 9.51. The van der Waals surface area contributed by atoms with Gasteiger partial charge in [-0.15, -0.1) is 0 Å². The fourth-order valence-corrected chi connectivity index (χ4v) is 3.28. The first-order chi connectivity index (χ1) is 11.3. The molecule has 0 bridgehead atoms. The van der Waals surface area contributed by atoms with Gasteiger partial charge >= 0.3 is 0 Å². The van der Waals surface area contributed by atoms with Crippen LogP contribution in [0.1, 0.15) is 90.4 Å². The largest absolute Gasteiger partial charge is 0.368 e. The second-order valence-corrected chi connectivity index (χ2v) is 6.79. The SMILES string of the molecule is CCCCCCCCCCCC[C@@H](OCOC)[C@H]1CCC(O)O1. The third kappa shape index (κ3) is 10.3. The van der Waals surface area contributed by atoms with Crippen LogP contribution in [-0.2, 0) is 14.2 Å². The highest BCUT2D eigenvalue weighted by molar-refractivity contribution is 4.76. The maximum absolute atomic E-state index is 9.51. The topological polar surface area (TPSA) is 47.9 Å². The molecule has 0 spiro atoms. The maximum atomic E-state index is 9.51. The summed E-state index contributed by atoms with van der Waals surface area (Å²) in [6.45, 7) is 2.57. The zero-order chi connectivity index (χ0) is 16.8. The molecule has 1 rings (SSSR count). The Labute approximate surface area is 142 Å². The van der Waals surface area contributed by atoms with Gasteiger partial charge in [-0.1, -0.05) is 71.1 Å². The molecule has 0 aromatic rings. The Morgan fingerprint density at radius 1 is 0.957 bits per heavy atom. The summed E-state index contributed by atoms with van der Waals surface area (Å²) < 4.78 is 16.3. The summed E-state index contributed by atoms with van der Waals surface area (Å²) in [6, 6.07) is 0. The van der Waals surface area contributed by atoms with Crippen molar-refractivity contribution in [3.05, 3.63) is 0 Å². The Kier molecular flexibility index (Phi) is 12.9. The highest BCUT2D eigenvalue weighted by Gasteiger charge is 2.30. The molecule has 1 aliphatic rings. The second-order valence-electron chi connectivity index (χ2n) is 6.79. The van der Waals surface area contributed by atoms with Gasteiger partial charge in [-0.3, -0.25) is 0 Å². The number of hydrogen-bond acceptors (Lipinski definition) is 4. The molecular weight excluding hydrogens is 292 g/mol. The Morgan fingerprint density at radius 3 is 2.09 bits per heavy atom. The average molecular weight is 331 g/mol. The van der Waals surface area contributed by atoms with Gasteiger partial charge in [0.05, 0.1) is 12.2 Å². The van der Waals surface area contributed by atoms with Crippen LogP contribution in [0, 0.1) is 0 Å². The fourth-order valence-electron chi connectivity index (χ4n) is 3.28. The lowest BCUT2D eigenvalue weighted by Crippen LogP contribution is -2.30. The monoisotopic (exact) mass is 330 g/mol. The minimum absolute atomic E-state index is 0.0266. The second kappa shape index (κ2) is 14.2. The van der Waals surface area contributed by atoms with Gasteiger partial charge in [0, 0.05) is 13.5 Å². The standard InChI is InChI=1S/C19H38O4/c1-3-4-5-6-7-8-9-10-11-12-13-17(22-16-21-2)18-14-15-19(20)23-18/h17-20H,3-16H2,1-2H3/t17-,18-,19?/m1/s1. The Morgan fingerprint density at radius 2 is 1.57 bits per heavy atom. The van der Waals surface area contributed by atoms with Gasteiger partial charge in [0.1, 0.15) is 6.79 Å². The molecule has 1 fully saturated rings. The van der Waals surface area contributed by atoms with Gasteiger partial charge < -0.3 is 19.3 Å². The zero-order valence-corrected chi connectivity index (χ0v) is 15.3. The summed E-state index contributed by atoms with van der Waals surface area (Å²) >= 11 is 0. The molecule has 0 amide bonds. The van der Waals surface area contributed by atoms with E-state index in [0.29, 0.717) is 6.79 Å². The average Bonchev–Trinajstić information content (AvgIpc) is 2.98. The highest BCUT2D eigenvalue weighted by Crippen LogP contribution is 2.25. The molecule has 0 aromatic carbocycles. The van der Waals surface area contributed by atoms with Crippen molar-refractivity contribution in [2.75, 3.05) is 13.9 Å². The van der Waals surface area contributed by atoms with E-state index in [1.165, 1.54) is 64.2 Å². The first kappa shape index (κ1) is 20.9.